The van der Waals surface area contributed by atoms with Gasteiger partial charge in [0.25, 0.3) is 0 Å². The van der Waals surface area contributed by atoms with E-state index >= 15 is 0 Å². The van der Waals surface area contributed by atoms with Crippen LogP contribution >= 0.6 is 0 Å². The summed E-state index contributed by atoms with van der Waals surface area (Å²) in [5, 5.41) is 8.33. The molecular weight excluding hydrogens is 394 g/mol. The Morgan fingerprint density at radius 1 is 1.00 bits per heavy atom. The van der Waals surface area contributed by atoms with E-state index < -0.39 is 0 Å². The number of aromatic amines is 1. The predicted octanol–water partition coefficient (Wildman–Crippen LogP) is 5.05. The zero-order valence-corrected chi connectivity index (χ0v) is 19.0. The van der Waals surface area contributed by atoms with Crippen molar-refractivity contribution in [1.29, 1.82) is 0 Å². The van der Waals surface area contributed by atoms with Gasteiger partial charge in [-0.05, 0) is 124 Å². The average Bonchev–Trinajstić information content (AvgIpc) is 3.44. The summed E-state index contributed by atoms with van der Waals surface area (Å²) >= 11 is 0. The molecule has 0 amide bonds. The predicted molar refractivity (Wildman–Crippen MR) is 133 cm³/mol. The van der Waals surface area contributed by atoms with Crippen LogP contribution in [0, 0.1) is 5.92 Å². The molecule has 3 N–H and O–H groups in total. The number of likely N-dealkylation sites (tertiary alicyclic amines) is 1. The molecule has 2 aromatic heterocycles. The van der Waals surface area contributed by atoms with Crippen molar-refractivity contribution in [2.24, 2.45) is 5.92 Å². The molecule has 2 saturated heterocycles. The minimum Gasteiger partial charge on any atom is -0.346 e. The number of allylic oxidation sites excluding steroid dienone is 2. The summed E-state index contributed by atoms with van der Waals surface area (Å²) in [6, 6.07) is 11.2. The molecule has 2 aliphatic heterocycles. The Kier molecular flexibility index (Phi) is 5.24. The van der Waals surface area contributed by atoms with Crippen LogP contribution in [0.25, 0.3) is 16.6 Å². The molecule has 0 unspecified atom stereocenters. The molecule has 0 spiro atoms. The van der Waals surface area contributed by atoms with Crippen LogP contribution in [0.1, 0.15) is 48.3 Å². The first-order valence-corrected chi connectivity index (χ1v) is 12.2. The van der Waals surface area contributed by atoms with E-state index in [2.05, 4.69) is 70.2 Å². The van der Waals surface area contributed by atoms with Crippen molar-refractivity contribution >= 4 is 28.1 Å². The minimum absolute atomic E-state index is 0.637. The molecule has 3 aromatic rings. The fourth-order valence-corrected chi connectivity index (χ4v) is 5.85. The smallest absolute Gasteiger partial charge is 0.140 e. The Bertz CT molecular complexity index is 1150. The minimum atomic E-state index is 0.637. The highest BCUT2D eigenvalue weighted by atomic mass is 15.1. The molecule has 5 nitrogen and oxygen atoms in total. The van der Waals surface area contributed by atoms with Crippen molar-refractivity contribution in [3.05, 3.63) is 59.3 Å². The van der Waals surface area contributed by atoms with Crippen LogP contribution in [0.15, 0.2) is 42.6 Å². The highest BCUT2D eigenvalue weighted by molar-refractivity contribution is 5.83. The van der Waals surface area contributed by atoms with Crippen molar-refractivity contribution in [2.75, 3.05) is 38.5 Å². The quantitative estimate of drug-likeness (QED) is 0.545. The number of anilines is 2. The first-order chi connectivity index (χ1) is 15.7. The Balaban J connectivity index is 1.22. The molecule has 6 rings (SSSR count). The highest BCUT2D eigenvalue weighted by Crippen LogP contribution is 2.39. The largest absolute Gasteiger partial charge is 0.346 e. The molecular formula is C27H33N5. The fraction of sp³-hybridized carbons (Fsp3) is 0.444. The van der Waals surface area contributed by atoms with Crippen LogP contribution in [-0.4, -0.2) is 48.1 Å². The van der Waals surface area contributed by atoms with Gasteiger partial charge in [0.1, 0.15) is 11.5 Å². The van der Waals surface area contributed by atoms with Crippen LogP contribution < -0.4 is 10.6 Å². The van der Waals surface area contributed by atoms with Crippen molar-refractivity contribution < 1.29 is 0 Å². The number of fused-ring (bicyclic) bond motifs is 2. The Morgan fingerprint density at radius 3 is 2.69 bits per heavy atom. The van der Waals surface area contributed by atoms with Gasteiger partial charge >= 0.3 is 0 Å². The number of rotatable bonds is 4. The number of benzene rings is 1. The van der Waals surface area contributed by atoms with Gasteiger partial charge in [-0.15, -0.1) is 0 Å². The zero-order valence-electron chi connectivity index (χ0n) is 19.0. The summed E-state index contributed by atoms with van der Waals surface area (Å²) in [7, 11) is 2.22. The van der Waals surface area contributed by atoms with E-state index in [1.807, 2.05) is 0 Å². The molecule has 0 radical (unpaired) electrons. The summed E-state index contributed by atoms with van der Waals surface area (Å²) in [5.41, 5.74) is 7.99. The number of aromatic nitrogens is 2. The van der Waals surface area contributed by atoms with E-state index in [0.29, 0.717) is 11.8 Å². The summed E-state index contributed by atoms with van der Waals surface area (Å²) in [5.74, 6) is 2.23. The Labute approximate surface area is 190 Å². The van der Waals surface area contributed by atoms with Gasteiger partial charge in [0.2, 0.25) is 0 Å². The van der Waals surface area contributed by atoms with Crippen molar-refractivity contribution in [3.63, 3.8) is 0 Å². The SMILES string of the molecule is CN1CCC(c2c[nH]c3nc(Nc4ccc5c(c4)C(C4CCNCC4)=CC5)ccc23)CC1. The van der Waals surface area contributed by atoms with Crippen molar-refractivity contribution in [3.8, 4) is 0 Å². The molecule has 32 heavy (non-hydrogen) atoms. The average molecular weight is 428 g/mol. The molecule has 1 aliphatic carbocycles. The van der Waals surface area contributed by atoms with E-state index in [4.69, 9.17) is 4.98 Å². The fourth-order valence-electron chi connectivity index (χ4n) is 5.85. The van der Waals surface area contributed by atoms with Crippen LogP contribution in [0.5, 0.6) is 0 Å². The topological polar surface area (TPSA) is 56.0 Å². The van der Waals surface area contributed by atoms with Gasteiger partial charge in [-0.25, -0.2) is 4.98 Å². The van der Waals surface area contributed by atoms with Gasteiger partial charge in [-0.2, -0.15) is 0 Å². The first kappa shape index (κ1) is 20.0. The third kappa shape index (κ3) is 3.74. The lowest BCUT2D eigenvalue weighted by atomic mass is 9.86. The third-order valence-electron chi connectivity index (χ3n) is 7.74. The molecule has 0 atom stereocenters. The lowest BCUT2D eigenvalue weighted by Crippen LogP contribution is -2.29. The monoisotopic (exact) mass is 427 g/mol. The van der Waals surface area contributed by atoms with Gasteiger partial charge in [0, 0.05) is 17.3 Å². The van der Waals surface area contributed by atoms with E-state index in [1.54, 1.807) is 5.57 Å². The van der Waals surface area contributed by atoms with Crippen LogP contribution in [-0.2, 0) is 6.42 Å². The number of nitrogens with one attached hydrogen (secondary N) is 3. The maximum atomic E-state index is 4.90. The second kappa shape index (κ2) is 8.38. The van der Waals surface area contributed by atoms with E-state index in [9.17, 15) is 0 Å². The van der Waals surface area contributed by atoms with Gasteiger partial charge in [0.15, 0.2) is 0 Å². The number of nitrogens with zero attached hydrogens (tertiary/aromatic N) is 2. The molecule has 1 aromatic carbocycles. The standard InChI is InChI=1S/C27H33N5/c1-32-14-10-20(11-15-32)25-17-29-27-23(25)6-7-26(31-27)30-21-4-2-18-3-5-22(24(18)16-21)19-8-12-28-13-9-19/h2,4-7,16-17,19-20,28H,3,8-15H2,1H3,(H2,29,30,31). The molecule has 3 aliphatic rings. The van der Waals surface area contributed by atoms with Gasteiger partial charge < -0.3 is 20.5 Å². The molecule has 4 heterocycles. The van der Waals surface area contributed by atoms with E-state index in [-0.39, 0.29) is 0 Å². The lowest BCUT2D eigenvalue weighted by molar-refractivity contribution is 0.256. The Morgan fingerprint density at radius 2 is 1.84 bits per heavy atom. The van der Waals surface area contributed by atoms with Crippen LogP contribution in [0.2, 0.25) is 0 Å². The number of H-pyrrole nitrogens is 1. The van der Waals surface area contributed by atoms with Crippen molar-refractivity contribution in [1.82, 2.24) is 20.2 Å². The van der Waals surface area contributed by atoms with Crippen molar-refractivity contribution in [2.45, 2.75) is 38.0 Å². The lowest BCUT2D eigenvalue weighted by Gasteiger charge is -2.28. The zero-order chi connectivity index (χ0) is 21.5. The molecule has 0 bridgehead atoms. The number of piperidine rings is 2. The van der Waals surface area contributed by atoms with Crippen LogP contribution in [0.4, 0.5) is 11.5 Å². The van der Waals surface area contributed by atoms with E-state index in [0.717, 1.165) is 36.7 Å². The summed E-state index contributed by atoms with van der Waals surface area (Å²) in [6.45, 7) is 4.62. The van der Waals surface area contributed by atoms with Gasteiger partial charge in [-0.3, -0.25) is 0 Å². The second-order valence-corrected chi connectivity index (χ2v) is 9.80. The maximum absolute atomic E-state index is 4.90. The molecule has 166 valence electrons. The van der Waals surface area contributed by atoms with Gasteiger partial charge in [0.05, 0.1) is 0 Å². The molecule has 5 heteroatoms. The summed E-state index contributed by atoms with van der Waals surface area (Å²) in [4.78, 5) is 10.8. The third-order valence-corrected chi connectivity index (χ3v) is 7.74. The second-order valence-electron chi connectivity index (χ2n) is 9.80. The summed E-state index contributed by atoms with van der Waals surface area (Å²) < 4.78 is 0. The number of hydrogen-bond acceptors (Lipinski definition) is 4. The van der Waals surface area contributed by atoms with E-state index in [1.165, 1.54) is 60.8 Å². The highest BCUT2D eigenvalue weighted by Gasteiger charge is 2.24. The molecule has 2 fully saturated rings. The summed E-state index contributed by atoms with van der Waals surface area (Å²) in [6.07, 6.45) is 10.7. The molecule has 0 saturated carbocycles. The first-order valence-electron chi connectivity index (χ1n) is 12.2. The maximum Gasteiger partial charge on any atom is 0.140 e. The normalized spacial score (nSPS) is 20.5. The van der Waals surface area contributed by atoms with Gasteiger partial charge in [-0.1, -0.05) is 12.1 Å². The van der Waals surface area contributed by atoms with Crippen LogP contribution in [0.3, 0.4) is 0 Å². The number of hydrogen-bond donors (Lipinski definition) is 3. The number of pyridine rings is 1. The Hall–Kier alpha value is -2.63.